The molecule has 0 heterocycles. The largest absolute Gasteiger partial charge is 0.307 e. The second-order valence-electron chi connectivity index (χ2n) is 5.59. The average Bonchev–Trinajstić information content (AvgIpc) is 2.48. The summed E-state index contributed by atoms with van der Waals surface area (Å²) in [5, 5.41) is 3.75. The van der Waals surface area contributed by atoms with Crippen LogP contribution in [0, 0.1) is 6.92 Å². The topological polar surface area (TPSA) is 12.0 Å². The summed E-state index contributed by atoms with van der Waals surface area (Å²) in [5.74, 6) is 0. The molecule has 1 heteroatoms. The first-order chi connectivity index (χ1) is 9.69. The summed E-state index contributed by atoms with van der Waals surface area (Å²) >= 11 is 0. The van der Waals surface area contributed by atoms with E-state index in [1.54, 1.807) is 0 Å². The van der Waals surface area contributed by atoms with Crippen LogP contribution in [0.25, 0.3) is 0 Å². The highest BCUT2D eigenvalue weighted by atomic mass is 14.9. The third kappa shape index (κ3) is 4.21. The van der Waals surface area contributed by atoms with Gasteiger partial charge in [-0.25, -0.2) is 0 Å². The molecule has 0 fully saturated rings. The number of hydrogen-bond donors (Lipinski definition) is 1. The minimum atomic E-state index is 0.393. The van der Waals surface area contributed by atoms with Crippen molar-refractivity contribution in [2.24, 2.45) is 0 Å². The van der Waals surface area contributed by atoms with E-state index in [1.807, 2.05) is 0 Å². The molecule has 2 atom stereocenters. The summed E-state index contributed by atoms with van der Waals surface area (Å²) in [4.78, 5) is 0. The Kier molecular flexibility index (Phi) is 5.37. The van der Waals surface area contributed by atoms with Gasteiger partial charge >= 0.3 is 0 Å². The van der Waals surface area contributed by atoms with Crippen molar-refractivity contribution in [1.29, 1.82) is 0 Å². The van der Waals surface area contributed by atoms with E-state index < -0.39 is 0 Å². The molecular weight excluding hydrogens is 242 g/mol. The van der Waals surface area contributed by atoms with Gasteiger partial charge in [0.1, 0.15) is 0 Å². The standard InChI is InChI=1S/C19H25N/c1-4-19(14-17-8-6-5-7-9-17)20-16(3)18-12-10-15(2)11-13-18/h5-13,16,19-20H,4,14H2,1-3H3/t16-,19?/m0/s1. The molecule has 106 valence electrons. The second kappa shape index (κ2) is 7.25. The van der Waals surface area contributed by atoms with Crippen LogP contribution < -0.4 is 5.32 Å². The average molecular weight is 267 g/mol. The molecule has 0 aliphatic rings. The Labute approximate surface area is 123 Å². The highest BCUT2D eigenvalue weighted by Gasteiger charge is 2.12. The molecule has 0 amide bonds. The van der Waals surface area contributed by atoms with Crippen LogP contribution in [-0.2, 0) is 6.42 Å². The van der Waals surface area contributed by atoms with Crippen molar-refractivity contribution in [2.45, 2.75) is 45.7 Å². The van der Waals surface area contributed by atoms with Gasteiger partial charge in [0, 0.05) is 12.1 Å². The molecular formula is C19H25N. The fraction of sp³-hybridized carbons (Fsp3) is 0.368. The summed E-state index contributed by atoms with van der Waals surface area (Å²) in [6.07, 6.45) is 2.23. The minimum Gasteiger partial charge on any atom is -0.307 e. The highest BCUT2D eigenvalue weighted by molar-refractivity contribution is 5.24. The van der Waals surface area contributed by atoms with Crippen LogP contribution in [0.1, 0.15) is 43.0 Å². The Bertz CT molecular complexity index is 501. The summed E-state index contributed by atoms with van der Waals surface area (Å²) in [5.41, 5.74) is 4.09. The van der Waals surface area contributed by atoms with Crippen molar-refractivity contribution in [1.82, 2.24) is 5.32 Å². The van der Waals surface area contributed by atoms with Crippen LogP contribution in [0.4, 0.5) is 0 Å². The molecule has 0 spiro atoms. The van der Waals surface area contributed by atoms with Gasteiger partial charge in [0.25, 0.3) is 0 Å². The highest BCUT2D eigenvalue weighted by Crippen LogP contribution is 2.16. The molecule has 2 aromatic carbocycles. The summed E-state index contributed by atoms with van der Waals surface area (Å²) in [6, 6.07) is 20.5. The zero-order valence-electron chi connectivity index (χ0n) is 12.8. The van der Waals surface area contributed by atoms with E-state index >= 15 is 0 Å². The van der Waals surface area contributed by atoms with Gasteiger partial charge in [-0.2, -0.15) is 0 Å². The smallest absolute Gasteiger partial charge is 0.0294 e. The van der Waals surface area contributed by atoms with E-state index in [1.165, 1.54) is 16.7 Å². The Balaban J connectivity index is 1.97. The molecule has 1 nitrogen and oxygen atoms in total. The molecule has 0 aliphatic heterocycles. The Morgan fingerprint density at radius 2 is 1.60 bits per heavy atom. The van der Waals surface area contributed by atoms with Crippen molar-refractivity contribution in [3.05, 3.63) is 71.3 Å². The third-order valence-corrected chi connectivity index (χ3v) is 3.88. The lowest BCUT2D eigenvalue weighted by molar-refractivity contribution is 0.440. The van der Waals surface area contributed by atoms with Crippen molar-refractivity contribution in [3.63, 3.8) is 0 Å². The molecule has 0 aliphatic carbocycles. The van der Waals surface area contributed by atoms with Gasteiger partial charge in [0.15, 0.2) is 0 Å². The van der Waals surface area contributed by atoms with E-state index in [0.717, 1.165) is 12.8 Å². The monoisotopic (exact) mass is 267 g/mol. The second-order valence-corrected chi connectivity index (χ2v) is 5.59. The van der Waals surface area contributed by atoms with Crippen LogP contribution in [0.2, 0.25) is 0 Å². The SMILES string of the molecule is CCC(Cc1ccccc1)N[C@@H](C)c1ccc(C)cc1. The molecule has 0 aromatic heterocycles. The number of hydrogen-bond acceptors (Lipinski definition) is 1. The van der Waals surface area contributed by atoms with E-state index in [2.05, 4.69) is 80.7 Å². The lowest BCUT2D eigenvalue weighted by atomic mass is 10.0. The molecule has 0 bridgehead atoms. The molecule has 0 radical (unpaired) electrons. The van der Waals surface area contributed by atoms with Gasteiger partial charge in [0.2, 0.25) is 0 Å². The van der Waals surface area contributed by atoms with Crippen molar-refractivity contribution < 1.29 is 0 Å². The lowest BCUT2D eigenvalue weighted by Crippen LogP contribution is -2.32. The molecule has 2 aromatic rings. The number of aryl methyl sites for hydroxylation is 1. The molecule has 0 saturated carbocycles. The van der Waals surface area contributed by atoms with E-state index in [0.29, 0.717) is 12.1 Å². The first kappa shape index (κ1) is 14.8. The number of nitrogens with one attached hydrogen (secondary N) is 1. The summed E-state index contributed by atoms with van der Waals surface area (Å²) in [6.45, 7) is 6.63. The molecule has 2 rings (SSSR count). The van der Waals surface area contributed by atoms with Crippen molar-refractivity contribution >= 4 is 0 Å². The maximum atomic E-state index is 3.75. The first-order valence-corrected chi connectivity index (χ1v) is 7.55. The quantitative estimate of drug-likeness (QED) is 0.802. The van der Waals surface area contributed by atoms with Crippen LogP contribution in [0.3, 0.4) is 0 Å². The van der Waals surface area contributed by atoms with Crippen LogP contribution in [0.15, 0.2) is 54.6 Å². The van der Waals surface area contributed by atoms with Gasteiger partial charge in [-0.1, -0.05) is 67.1 Å². The lowest BCUT2D eigenvalue weighted by Gasteiger charge is -2.23. The van der Waals surface area contributed by atoms with E-state index in [9.17, 15) is 0 Å². The third-order valence-electron chi connectivity index (χ3n) is 3.88. The Morgan fingerprint density at radius 3 is 2.20 bits per heavy atom. The van der Waals surface area contributed by atoms with Crippen molar-refractivity contribution in [2.75, 3.05) is 0 Å². The molecule has 1 N–H and O–H groups in total. The summed E-state index contributed by atoms with van der Waals surface area (Å²) < 4.78 is 0. The van der Waals surface area contributed by atoms with E-state index in [-0.39, 0.29) is 0 Å². The maximum absolute atomic E-state index is 3.75. The predicted molar refractivity (Wildman–Crippen MR) is 87.0 cm³/mol. The van der Waals surface area contributed by atoms with Gasteiger partial charge < -0.3 is 5.32 Å². The first-order valence-electron chi connectivity index (χ1n) is 7.55. The number of benzene rings is 2. The number of rotatable bonds is 6. The Morgan fingerprint density at radius 1 is 0.950 bits per heavy atom. The summed E-state index contributed by atoms with van der Waals surface area (Å²) in [7, 11) is 0. The molecule has 1 unspecified atom stereocenters. The Hall–Kier alpha value is -1.60. The van der Waals surface area contributed by atoms with Gasteiger partial charge in [-0.15, -0.1) is 0 Å². The zero-order valence-corrected chi connectivity index (χ0v) is 12.8. The van der Waals surface area contributed by atoms with Gasteiger partial charge in [-0.3, -0.25) is 0 Å². The molecule has 20 heavy (non-hydrogen) atoms. The fourth-order valence-electron chi connectivity index (χ4n) is 2.52. The predicted octanol–water partition coefficient (Wildman–Crippen LogP) is 4.67. The maximum Gasteiger partial charge on any atom is 0.0294 e. The zero-order chi connectivity index (χ0) is 14.4. The normalized spacial score (nSPS) is 13.9. The van der Waals surface area contributed by atoms with Crippen molar-refractivity contribution in [3.8, 4) is 0 Å². The minimum absolute atomic E-state index is 0.393. The van der Waals surface area contributed by atoms with Crippen LogP contribution in [0.5, 0.6) is 0 Å². The van der Waals surface area contributed by atoms with E-state index in [4.69, 9.17) is 0 Å². The van der Waals surface area contributed by atoms with Crippen LogP contribution in [-0.4, -0.2) is 6.04 Å². The van der Waals surface area contributed by atoms with Gasteiger partial charge in [0.05, 0.1) is 0 Å². The molecule has 0 saturated heterocycles. The van der Waals surface area contributed by atoms with Crippen LogP contribution >= 0.6 is 0 Å². The van der Waals surface area contributed by atoms with Gasteiger partial charge in [-0.05, 0) is 37.8 Å². The fourth-order valence-corrected chi connectivity index (χ4v) is 2.52.